The molecular weight excluding hydrogens is 162 g/mol. The van der Waals surface area contributed by atoms with Crippen LogP contribution in [0.3, 0.4) is 0 Å². The number of nitrogen functional groups attached to an aromatic ring is 1. The van der Waals surface area contributed by atoms with Gasteiger partial charge in [0.2, 0.25) is 5.95 Å². The van der Waals surface area contributed by atoms with Crippen LogP contribution in [0.4, 0.5) is 5.95 Å². The van der Waals surface area contributed by atoms with Gasteiger partial charge in [-0.3, -0.25) is 0 Å². The van der Waals surface area contributed by atoms with Crippen molar-refractivity contribution in [3.63, 3.8) is 0 Å². The van der Waals surface area contributed by atoms with Crippen LogP contribution < -0.4 is 5.73 Å². The Morgan fingerprint density at radius 2 is 2.42 bits per heavy atom. The number of nitrogens with zero attached hydrogens (tertiary/aromatic N) is 2. The number of hydrogen-bond donors (Lipinski definition) is 2. The summed E-state index contributed by atoms with van der Waals surface area (Å²) in [5, 5.41) is 9.06. The number of anilines is 1. The fourth-order valence-electron chi connectivity index (χ4n) is 0.636. The minimum atomic E-state index is -0.749. The third-order valence-corrected chi connectivity index (χ3v) is 1.17. The van der Waals surface area contributed by atoms with E-state index < -0.39 is 5.97 Å². The average Bonchev–Trinajstić information content (AvgIpc) is 2.08. The van der Waals surface area contributed by atoms with Crippen LogP contribution in [-0.2, 0) is 4.74 Å². The number of aromatic hydroxyl groups is 1. The molecule has 1 aromatic heterocycles. The fraction of sp³-hybridized carbons (Fsp3) is 0.167. The molecule has 1 heterocycles. The lowest BCUT2D eigenvalue weighted by molar-refractivity contribution is 0.0590. The van der Waals surface area contributed by atoms with Crippen molar-refractivity contribution in [3.8, 4) is 5.75 Å². The van der Waals surface area contributed by atoms with Crippen molar-refractivity contribution in [2.45, 2.75) is 0 Å². The van der Waals surface area contributed by atoms with E-state index in [1.165, 1.54) is 7.11 Å². The standard InChI is InChI=1S/C6H7N3O3/c1-12-5(11)4-3(10)2-8-6(7)9-4/h2,10H,1H3,(H2,7,8,9). The van der Waals surface area contributed by atoms with Crippen molar-refractivity contribution in [3.05, 3.63) is 11.9 Å². The van der Waals surface area contributed by atoms with Gasteiger partial charge >= 0.3 is 5.97 Å². The molecule has 0 spiro atoms. The van der Waals surface area contributed by atoms with Crippen LogP contribution in [0.1, 0.15) is 10.5 Å². The van der Waals surface area contributed by atoms with Gasteiger partial charge in [0.15, 0.2) is 11.4 Å². The Bertz CT molecular complexity index is 313. The predicted octanol–water partition coefficient (Wildman–Crippen LogP) is -0.449. The maximum absolute atomic E-state index is 10.9. The van der Waals surface area contributed by atoms with Gasteiger partial charge in [0, 0.05) is 0 Å². The number of esters is 1. The third kappa shape index (κ3) is 1.42. The molecule has 0 aromatic carbocycles. The van der Waals surface area contributed by atoms with Crippen molar-refractivity contribution < 1.29 is 14.6 Å². The van der Waals surface area contributed by atoms with Crippen LogP contribution in [-0.4, -0.2) is 28.2 Å². The summed E-state index contributed by atoms with van der Waals surface area (Å²) in [5.74, 6) is -1.19. The number of ether oxygens (including phenoxy) is 1. The van der Waals surface area contributed by atoms with Crippen LogP contribution >= 0.6 is 0 Å². The third-order valence-electron chi connectivity index (χ3n) is 1.17. The Balaban J connectivity index is 3.13. The zero-order valence-electron chi connectivity index (χ0n) is 6.31. The Hall–Kier alpha value is -1.85. The van der Waals surface area contributed by atoms with E-state index in [0.717, 1.165) is 6.20 Å². The van der Waals surface area contributed by atoms with Crippen molar-refractivity contribution in [1.82, 2.24) is 9.97 Å². The van der Waals surface area contributed by atoms with Gasteiger partial charge in [0.25, 0.3) is 0 Å². The zero-order chi connectivity index (χ0) is 9.14. The molecule has 0 unspecified atom stereocenters. The van der Waals surface area contributed by atoms with Crippen molar-refractivity contribution in [1.29, 1.82) is 0 Å². The fourth-order valence-corrected chi connectivity index (χ4v) is 0.636. The van der Waals surface area contributed by atoms with E-state index in [1.807, 2.05) is 0 Å². The van der Waals surface area contributed by atoms with Crippen LogP contribution in [0.15, 0.2) is 6.20 Å². The quantitative estimate of drug-likeness (QED) is 0.552. The minimum absolute atomic E-state index is 0.0896. The minimum Gasteiger partial charge on any atom is -0.504 e. The lowest BCUT2D eigenvalue weighted by Gasteiger charge is -2.00. The number of carbonyl (C=O) groups is 1. The number of hydrogen-bond acceptors (Lipinski definition) is 6. The highest BCUT2D eigenvalue weighted by Crippen LogP contribution is 2.13. The van der Waals surface area contributed by atoms with E-state index in [1.54, 1.807) is 0 Å². The molecule has 0 aliphatic heterocycles. The smallest absolute Gasteiger partial charge is 0.360 e. The molecule has 0 saturated heterocycles. The molecule has 3 N–H and O–H groups in total. The summed E-state index contributed by atoms with van der Waals surface area (Å²) in [6, 6.07) is 0. The Labute approximate surface area is 68.0 Å². The van der Waals surface area contributed by atoms with Crippen molar-refractivity contribution >= 4 is 11.9 Å². The first kappa shape index (κ1) is 8.25. The van der Waals surface area contributed by atoms with Gasteiger partial charge in [-0.15, -0.1) is 0 Å². The summed E-state index contributed by atoms with van der Waals surface area (Å²) in [6.45, 7) is 0. The van der Waals surface area contributed by atoms with E-state index in [9.17, 15) is 4.79 Å². The largest absolute Gasteiger partial charge is 0.504 e. The molecule has 0 atom stereocenters. The summed E-state index contributed by atoms with van der Waals surface area (Å²) >= 11 is 0. The molecule has 0 amide bonds. The van der Waals surface area contributed by atoms with Crippen LogP contribution in [0.25, 0.3) is 0 Å². The molecule has 0 aliphatic rings. The second kappa shape index (κ2) is 3.04. The number of carbonyl (C=O) groups excluding carboxylic acids is 1. The molecule has 0 aliphatic carbocycles. The highest BCUT2D eigenvalue weighted by atomic mass is 16.5. The van der Waals surface area contributed by atoms with E-state index >= 15 is 0 Å². The van der Waals surface area contributed by atoms with Crippen LogP contribution in [0.2, 0.25) is 0 Å². The molecule has 0 fully saturated rings. The Morgan fingerprint density at radius 3 is 3.00 bits per heavy atom. The molecule has 6 nitrogen and oxygen atoms in total. The predicted molar refractivity (Wildman–Crippen MR) is 39.4 cm³/mol. The van der Waals surface area contributed by atoms with E-state index in [4.69, 9.17) is 10.8 Å². The highest BCUT2D eigenvalue weighted by Gasteiger charge is 2.13. The lowest BCUT2D eigenvalue weighted by Crippen LogP contribution is -2.07. The maximum Gasteiger partial charge on any atom is 0.360 e. The summed E-state index contributed by atoms with van der Waals surface area (Å²) in [4.78, 5) is 17.8. The van der Waals surface area contributed by atoms with Gasteiger partial charge < -0.3 is 15.6 Å². The molecule has 6 heteroatoms. The SMILES string of the molecule is COC(=O)c1nc(N)ncc1O. The van der Waals surface area contributed by atoms with Gasteiger partial charge in [-0.25, -0.2) is 14.8 Å². The molecule has 12 heavy (non-hydrogen) atoms. The number of aromatic nitrogens is 2. The van der Waals surface area contributed by atoms with E-state index in [0.29, 0.717) is 0 Å². The Morgan fingerprint density at radius 1 is 1.75 bits per heavy atom. The van der Waals surface area contributed by atoms with Gasteiger partial charge in [-0.2, -0.15) is 0 Å². The van der Waals surface area contributed by atoms with Crippen LogP contribution in [0.5, 0.6) is 5.75 Å². The molecule has 1 rings (SSSR count). The highest BCUT2D eigenvalue weighted by molar-refractivity contribution is 5.90. The van der Waals surface area contributed by atoms with Crippen molar-refractivity contribution in [2.24, 2.45) is 0 Å². The number of nitrogens with two attached hydrogens (primary N) is 1. The van der Waals surface area contributed by atoms with Gasteiger partial charge in [-0.05, 0) is 0 Å². The second-order valence-electron chi connectivity index (χ2n) is 1.95. The van der Waals surface area contributed by atoms with Crippen molar-refractivity contribution in [2.75, 3.05) is 12.8 Å². The summed E-state index contributed by atoms with van der Waals surface area (Å²) in [7, 11) is 1.18. The monoisotopic (exact) mass is 169 g/mol. The van der Waals surface area contributed by atoms with E-state index in [-0.39, 0.29) is 17.4 Å². The molecular formula is C6H7N3O3. The summed E-state index contributed by atoms with van der Waals surface area (Å²) in [6.07, 6.45) is 1.04. The molecule has 0 bridgehead atoms. The normalized spacial score (nSPS) is 9.42. The average molecular weight is 169 g/mol. The molecule has 1 aromatic rings. The van der Waals surface area contributed by atoms with Crippen LogP contribution in [0, 0.1) is 0 Å². The number of methoxy groups -OCH3 is 1. The zero-order valence-corrected chi connectivity index (χ0v) is 6.31. The first-order valence-electron chi connectivity index (χ1n) is 3.05. The van der Waals surface area contributed by atoms with E-state index in [2.05, 4.69) is 14.7 Å². The Kier molecular flexibility index (Phi) is 2.09. The van der Waals surface area contributed by atoms with Gasteiger partial charge in [0.1, 0.15) is 0 Å². The topological polar surface area (TPSA) is 98.3 Å². The molecule has 64 valence electrons. The molecule has 0 radical (unpaired) electrons. The summed E-state index contributed by atoms with van der Waals surface area (Å²) < 4.78 is 4.33. The summed E-state index contributed by atoms with van der Waals surface area (Å²) in [5.41, 5.74) is 4.95. The number of rotatable bonds is 1. The first-order valence-corrected chi connectivity index (χ1v) is 3.05. The maximum atomic E-state index is 10.9. The first-order chi connectivity index (χ1) is 5.65. The molecule has 0 saturated carbocycles. The van der Waals surface area contributed by atoms with Gasteiger partial charge in [-0.1, -0.05) is 0 Å². The lowest BCUT2D eigenvalue weighted by atomic mass is 10.4. The second-order valence-corrected chi connectivity index (χ2v) is 1.95. The van der Waals surface area contributed by atoms with Gasteiger partial charge in [0.05, 0.1) is 13.3 Å².